The predicted molar refractivity (Wildman–Crippen MR) is 94.8 cm³/mol. The van der Waals surface area contributed by atoms with Crippen molar-refractivity contribution in [2.24, 2.45) is 5.41 Å². The van der Waals surface area contributed by atoms with E-state index < -0.39 is 10.0 Å². The summed E-state index contributed by atoms with van der Waals surface area (Å²) in [4.78, 5) is 1.06. The lowest BCUT2D eigenvalue weighted by Gasteiger charge is -2.37. The molecule has 0 unspecified atom stereocenters. The van der Waals surface area contributed by atoms with Gasteiger partial charge in [0.05, 0.1) is 16.5 Å². The van der Waals surface area contributed by atoms with E-state index in [9.17, 15) is 8.42 Å². The van der Waals surface area contributed by atoms with Crippen LogP contribution in [-0.4, -0.2) is 48.0 Å². The molecule has 2 rings (SSSR count). The molecule has 2 N–H and O–H groups in total. The molecule has 0 spiro atoms. The van der Waals surface area contributed by atoms with Crippen molar-refractivity contribution in [1.29, 1.82) is 0 Å². The minimum Gasteiger partial charge on any atom is -0.384 e. The summed E-state index contributed by atoms with van der Waals surface area (Å²) >= 11 is 7.61. The van der Waals surface area contributed by atoms with E-state index in [1.54, 1.807) is 19.2 Å². The Hall–Kier alpha value is -0.310. The molecule has 0 atom stereocenters. The molecule has 23 heavy (non-hydrogen) atoms. The minimum atomic E-state index is -3.58. The van der Waals surface area contributed by atoms with Crippen LogP contribution in [0.5, 0.6) is 0 Å². The highest BCUT2D eigenvalue weighted by Crippen LogP contribution is 2.30. The van der Waals surface area contributed by atoms with Crippen LogP contribution in [-0.2, 0) is 14.8 Å². The molecular formula is C15H23ClN2O3S2. The maximum atomic E-state index is 12.5. The largest absolute Gasteiger partial charge is 0.384 e. The third-order valence-electron chi connectivity index (χ3n) is 4.19. The van der Waals surface area contributed by atoms with Crippen molar-refractivity contribution >= 4 is 33.4 Å². The molecule has 0 amide bonds. The van der Waals surface area contributed by atoms with Crippen molar-refractivity contribution in [2.45, 2.75) is 22.6 Å². The minimum absolute atomic E-state index is 0.157. The quantitative estimate of drug-likeness (QED) is 0.713. The Balaban J connectivity index is 2.12. The highest BCUT2D eigenvalue weighted by atomic mass is 35.5. The van der Waals surface area contributed by atoms with Crippen molar-refractivity contribution in [3.8, 4) is 0 Å². The Labute approximate surface area is 147 Å². The van der Waals surface area contributed by atoms with E-state index in [1.807, 2.05) is 6.26 Å². The van der Waals surface area contributed by atoms with Gasteiger partial charge < -0.3 is 10.1 Å². The summed E-state index contributed by atoms with van der Waals surface area (Å²) in [5.74, 6) is 0. The molecule has 0 saturated carbocycles. The number of nitrogens with one attached hydrogen (secondary N) is 2. The van der Waals surface area contributed by atoms with E-state index in [-0.39, 0.29) is 10.3 Å². The summed E-state index contributed by atoms with van der Waals surface area (Å²) in [5.41, 5.74) is -0.157. The van der Waals surface area contributed by atoms with Gasteiger partial charge in [-0.25, -0.2) is 13.1 Å². The highest BCUT2D eigenvalue weighted by molar-refractivity contribution is 7.98. The summed E-state index contributed by atoms with van der Waals surface area (Å²) in [6, 6.07) is 4.82. The molecule has 1 aromatic rings. The van der Waals surface area contributed by atoms with Crippen molar-refractivity contribution in [3.05, 3.63) is 23.2 Å². The fourth-order valence-electron chi connectivity index (χ4n) is 2.78. The zero-order valence-electron chi connectivity index (χ0n) is 13.4. The maximum absolute atomic E-state index is 12.5. The van der Waals surface area contributed by atoms with E-state index in [2.05, 4.69) is 10.0 Å². The Morgan fingerprint density at radius 2 is 2.09 bits per heavy atom. The van der Waals surface area contributed by atoms with Gasteiger partial charge in [-0.15, -0.1) is 11.8 Å². The van der Waals surface area contributed by atoms with Crippen molar-refractivity contribution in [2.75, 3.05) is 39.6 Å². The standard InChI is InChI=1S/C15H23ClN2O3S2/c1-21-11-15(5-7-17-8-6-15)10-18-23(19,20)12-3-4-14(22-2)13(16)9-12/h3-4,9,17-18H,5-8,10-11H2,1-2H3. The van der Waals surface area contributed by atoms with E-state index in [4.69, 9.17) is 16.3 Å². The Morgan fingerprint density at radius 1 is 1.39 bits per heavy atom. The van der Waals surface area contributed by atoms with Crippen LogP contribution in [0, 0.1) is 5.41 Å². The van der Waals surface area contributed by atoms with Gasteiger partial charge in [0.25, 0.3) is 0 Å². The second-order valence-corrected chi connectivity index (χ2v) is 8.83. The van der Waals surface area contributed by atoms with Crippen LogP contribution in [0.4, 0.5) is 0 Å². The fourth-order valence-corrected chi connectivity index (χ4v) is 4.90. The summed E-state index contributed by atoms with van der Waals surface area (Å²) in [5, 5.41) is 3.75. The predicted octanol–water partition coefficient (Wildman–Crippen LogP) is 2.36. The maximum Gasteiger partial charge on any atom is 0.240 e. The first-order valence-corrected chi connectivity index (χ1v) is 10.5. The number of rotatable bonds is 7. The van der Waals surface area contributed by atoms with Crippen LogP contribution in [0.25, 0.3) is 0 Å². The number of hydrogen-bond donors (Lipinski definition) is 2. The summed E-state index contributed by atoms with van der Waals surface area (Å²) in [7, 11) is -1.93. The van der Waals surface area contributed by atoms with E-state index in [0.717, 1.165) is 30.8 Å². The zero-order valence-corrected chi connectivity index (χ0v) is 15.8. The number of ether oxygens (including phenoxy) is 1. The van der Waals surface area contributed by atoms with Gasteiger partial charge in [0.2, 0.25) is 10.0 Å². The average molecular weight is 379 g/mol. The van der Waals surface area contributed by atoms with Gasteiger partial charge in [-0.3, -0.25) is 0 Å². The number of hydrogen-bond acceptors (Lipinski definition) is 5. The normalized spacial score (nSPS) is 18.0. The molecule has 130 valence electrons. The molecule has 0 aliphatic carbocycles. The van der Waals surface area contributed by atoms with Gasteiger partial charge in [0.15, 0.2) is 0 Å². The monoisotopic (exact) mass is 378 g/mol. The Kier molecular flexibility index (Phi) is 6.77. The third-order valence-corrected chi connectivity index (χ3v) is 6.80. The number of methoxy groups -OCH3 is 1. The van der Waals surface area contributed by atoms with Gasteiger partial charge in [-0.1, -0.05) is 11.6 Å². The van der Waals surface area contributed by atoms with Crippen LogP contribution in [0.2, 0.25) is 5.02 Å². The molecule has 1 aliphatic heterocycles. The van der Waals surface area contributed by atoms with Gasteiger partial charge >= 0.3 is 0 Å². The number of sulfonamides is 1. The van der Waals surface area contributed by atoms with Crippen LogP contribution in [0.3, 0.4) is 0 Å². The highest BCUT2D eigenvalue weighted by Gasteiger charge is 2.33. The summed E-state index contributed by atoms with van der Waals surface area (Å²) in [6.07, 6.45) is 3.67. The Bertz CT molecular complexity index is 626. The molecule has 1 heterocycles. The smallest absolute Gasteiger partial charge is 0.240 e. The lowest BCUT2D eigenvalue weighted by molar-refractivity contribution is 0.0577. The number of benzene rings is 1. The molecule has 5 nitrogen and oxygen atoms in total. The van der Waals surface area contributed by atoms with Gasteiger partial charge in [-0.05, 0) is 50.4 Å². The van der Waals surface area contributed by atoms with E-state index >= 15 is 0 Å². The molecule has 1 fully saturated rings. The van der Waals surface area contributed by atoms with Crippen LogP contribution in [0.1, 0.15) is 12.8 Å². The average Bonchev–Trinajstić information content (AvgIpc) is 2.54. The van der Waals surface area contributed by atoms with Crippen molar-refractivity contribution in [3.63, 3.8) is 0 Å². The molecule has 0 bridgehead atoms. The van der Waals surface area contributed by atoms with Crippen LogP contribution < -0.4 is 10.0 Å². The first-order chi connectivity index (χ1) is 10.9. The second-order valence-electron chi connectivity index (χ2n) is 5.80. The number of piperidine rings is 1. The van der Waals surface area contributed by atoms with Crippen LogP contribution in [0.15, 0.2) is 28.0 Å². The molecular weight excluding hydrogens is 356 g/mol. The van der Waals surface area contributed by atoms with Crippen molar-refractivity contribution in [1.82, 2.24) is 10.0 Å². The second kappa shape index (κ2) is 8.18. The van der Waals surface area contributed by atoms with E-state index in [1.165, 1.54) is 17.8 Å². The van der Waals surface area contributed by atoms with Gasteiger partial charge in [0, 0.05) is 24.0 Å². The molecule has 1 aliphatic rings. The lowest BCUT2D eigenvalue weighted by Crippen LogP contribution is -2.47. The fraction of sp³-hybridized carbons (Fsp3) is 0.600. The number of thioether (sulfide) groups is 1. The SMILES string of the molecule is COCC1(CNS(=O)(=O)c2ccc(SC)c(Cl)c2)CCNCC1. The summed E-state index contributed by atoms with van der Waals surface area (Å²) in [6.45, 7) is 2.66. The third kappa shape index (κ3) is 4.84. The molecule has 0 radical (unpaired) electrons. The van der Waals surface area contributed by atoms with Gasteiger partial charge in [0.1, 0.15) is 0 Å². The van der Waals surface area contributed by atoms with Crippen LogP contribution >= 0.6 is 23.4 Å². The topological polar surface area (TPSA) is 67.4 Å². The molecule has 1 aromatic carbocycles. The van der Waals surface area contributed by atoms with Gasteiger partial charge in [-0.2, -0.15) is 0 Å². The lowest BCUT2D eigenvalue weighted by atomic mass is 9.80. The molecule has 0 aromatic heterocycles. The summed E-state index contributed by atoms with van der Waals surface area (Å²) < 4.78 is 33.1. The zero-order chi connectivity index (χ0) is 16.9. The molecule has 1 saturated heterocycles. The Morgan fingerprint density at radius 3 is 2.65 bits per heavy atom. The van der Waals surface area contributed by atoms with E-state index in [0.29, 0.717) is 18.2 Å². The number of halogens is 1. The first kappa shape index (κ1) is 19.0. The molecule has 8 heteroatoms. The van der Waals surface area contributed by atoms with Crippen molar-refractivity contribution < 1.29 is 13.2 Å². The first-order valence-electron chi connectivity index (χ1n) is 7.45.